The van der Waals surface area contributed by atoms with Gasteiger partial charge in [-0.15, -0.1) is 0 Å². The van der Waals surface area contributed by atoms with Crippen LogP contribution in [0.25, 0.3) is 10.9 Å². The van der Waals surface area contributed by atoms with Crippen molar-refractivity contribution in [3.63, 3.8) is 0 Å². The predicted octanol–water partition coefficient (Wildman–Crippen LogP) is 4.30. The lowest BCUT2D eigenvalue weighted by Gasteiger charge is -2.11. The van der Waals surface area contributed by atoms with Crippen molar-refractivity contribution in [3.05, 3.63) is 46.0 Å². The van der Waals surface area contributed by atoms with Crippen LogP contribution in [0.2, 0.25) is 5.02 Å². The topological polar surface area (TPSA) is 66.7 Å². The van der Waals surface area contributed by atoms with E-state index in [1.165, 1.54) is 0 Å². The second-order valence-corrected chi connectivity index (χ2v) is 5.47. The maximum Gasteiger partial charge on any atom is 0.0743 e. The van der Waals surface area contributed by atoms with Crippen molar-refractivity contribution in [3.8, 4) is 0 Å². The van der Waals surface area contributed by atoms with Crippen LogP contribution in [0.4, 0.5) is 17.1 Å². The molecule has 4 N–H and O–H groups in total. The zero-order valence-electron chi connectivity index (χ0n) is 9.74. The Balaban J connectivity index is 2.00. The Hall–Kier alpha value is -1.72. The number of nitrogens with zero attached hydrogens (tertiary/aromatic N) is 1. The molecule has 4 nitrogen and oxygen atoms in total. The summed E-state index contributed by atoms with van der Waals surface area (Å²) in [7, 11) is 0. The number of rotatable bonds is 2. The van der Waals surface area contributed by atoms with E-state index in [1.54, 1.807) is 12.3 Å². The first-order valence-corrected chi connectivity index (χ1v) is 6.75. The molecule has 6 heteroatoms. The standard InChI is InChI=1S/C13H10BrClN4/c14-8-3-10(15)13(16)12(4-8)18-9-2-1-7-6-17-19-11(7)5-9/h1-6,18H,16H2,(H,17,19). The number of aromatic amines is 1. The van der Waals surface area contributed by atoms with Gasteiger partial charge in [0.25, 0.3) is 0 Å². The minimum Gasteiger partial charge on any atom is -0.396 e. The van der Waals surface area contributed by atoms with Gasteiger partial charge in [0.15, 0.2) is 0 Å². The first kappa shape index (κ1) is 12.3. The van der Waals surface area contributed by atoms with Gasteiger partial charge in [0, 0.05) is 15.5 Å². The smallest absolute Gasteiger partial charge is 0.0743 e. The second kappa shape index (κ2) is 4.75. The van der Waals surface area contributed by atoms with Gasteiger partial charge in [0.05, 0.1) is 28.1 Å². The van der Waals surface area contributed by atoms with Crippen LogP contribution in [0.15, 0.2) is 41.0 Å². The molecule has 19 heavy (non-hydrogen) atoms. The van der Waals surface area contributed by atoms with Gasteiger partial charge in [0.2, 0.25) is 0 Å². The van der Waals surface area contributed by atoms with Crippen LogP contribution in [0.1, 0.15) is 0 Å². The zero-order chi connectivity index (χ0) is 13.4. The van der Waals surface area contributed by atoms with Crippen LogP contribution in [-0.2, 0) is 0 Å². The number of fused-ring (bicyclic) bond motifs is 1. The molecule has 0 spiro atoms. The molecule has 0 fully saturated rings. The number of hydrogen-bond acceptors (Lipinski definition) is 3. The van der Waals surface area contributed by atoms with Crippen molar-refractivity contribution in [2.45, 2.75) is 0 Å². The molecule has 0 unspecified atom stereocenters. The summed E-state index contributed by atoms with van der Waals surface area (Å²) in [4.78, 5) is 0. The van der Waals surface area contributed by atoms with E-state index in [-0.39, 0.29) is 0 Å². The average Bonchev–Trinajstić information content (AvgIpc) is 2.82. The highest BCUT2D eigenvalue weighted by atomic mass is 79.9. The fourth-order valence-corrected chi connectivity index (χ4v) is 2.67. The molecule has 0 aliphatic rings. The van der Waals surface area contributed by atoms with E-state index < -0.39 is 0 Å². The summed E-state index contributed by atoms with van der Waals surface area (Å²) in [6.45, 7) is 0. The molecular formula is C13H10BrClN4. The van der Waals surface area contributed by atoms with Crippen LogP contribution in [-0.4, -0.2) is 10.2 Å². The van der Waals surface area contributed by atoms with Gasteiger partial charge in [-0.2, -0.15) is 5.10 Å². The SMILES string of the molecule is Nc1c(Cl)cc(Br)cc1Nc1ccc2cn[nH]c2c1. The van der Waals surface area contributed by atoms with Gasteiger partial charge in [-0.1, -0.05) is 27.5 Å². The molecule has 0 aliphatic carbocycles. The van der Waals surface area contributed by atoms with E-state index in [0.717, 1.165) is 26.8 Å². The molecule has 0 saturated carbocycles. The number of halogens is 2. The number of H-pyrrole nitrogens is 1. The molecule has 1 heterocycles. The summed E-state index contributed by atoms with van der Waals surface area (Å²) >= 11 is 9.45. The Morgan fingerprint density at radius 3 is 2.95 bits per heavy atom. The molecule has 0 atom stereocenters. The molecule has 2 aromatic carbocycles. The van der Waals surface area contributed by atoms with Gasteiger partial charge < -0.3 is 11.1 Å². The van der Waals surface area contributed by atoms with Crippen LogP contribution in [0.3, 0.4) is 0 Å². The summed E-state index contributed by atoms with van der Waals surface area (Å²) in [6, 6.07) is 9.57. The summed E-state index contributed by atoms with van der Waals surface area (Å²) in [5.74, 6) is 0. The summed E-state index contributed by atoms with van der Waals surface area (Å²) < 4.78 is 0.872. The molecule has 96 valence electrons. The highest BCUT2D eigenvalue weighted by Crippen LogP contribution is 2.33. The molecule has 0 radical (unpaired) electrons. The monoisotopic (exact) mass is 336 g/mol. The van der Waals surface area contributed by atoms with Gasteiger partial charge >= 0.3 is 0 Å². The number of nitrogens with one attached hydrogen (secondary N) is 2. The summed E-state index contributed by atoms with van der Waals surface area (Å²) in [6.07, 6.45) is 1.78. The van der Waals surface area contributed by atoms with E-state index in [0.29, 0.717) is 10.7 Å². The second-order valence-electron chi connectivity index (χ2n) is 4.15. The fourth-order valence-electron chi connectivity index (χ4n) is 1.86. The molecule has 1 aromatic heterocycles. The van der Waals surface area contributed by atoms with E-state index in [2.05, 4.69) is 31.4 Å². The Kier molecular flexibility index (Phi) is 3.08. The van der Waals surface area contributed by atoms with Gasteiger partial charge in [-0.05, 0) is 30.3 Å². The average molecular weight is 338 g/mol. The van der Waals surface area contributed by atoms with Gasteiger partial charge in [0.1, 0.15) is 0 Å². The van der Waals surface area contributed by atoms with Gasteiger partial charge in [-0.3, -0.25) is 5.10 Å². The molecule has 0 aliphatic heterocycles. The fraction of sp³-hybridized carbons (Fsp3) is 0. The Morgan fingerprint density at radius 2 is 2.11 bits per heavy atom. The highest BCUT2D eigenvalue weighted by molar-refractivity contribution is 9.10. The predicted molar refractivity (Wildman–Crippen MR) is 82.9 cm³/mol. The third-order valence-corrected chi connectivity index (χ3v) is 3.59. The zero-order valence-corrected chi connectivity index (χ0v) is 12.1. The van der Waals surface area contributed by atoms with Crippen molar-refractivity contribution in [1.29, 1.82) is 0 Å². The molecule has 3 aromatic rings. The Labute approximate surface area is 123 Å². The Bertz CT molecular complexity index is 753. The molecule has 0 saturated heterocycles. The highest BCUT2D eigenvalue weighted by Gasteiger charge is 2.06. The lowest BCUT2D eigenvalue weighted by atomic mass is 10.2. The van der Waals surface area contributed by atoms with Crippen molar-refractivity contribution in [1.82, 2.24) is 10.2 Å². The molecule has 0 bridgehead atoms. The quantitative estimate of drug-likeness (QED) is 0.611. The first-order chi connectivity index (χ1) is 9.13. The van der Waals surface area contributed by atoms with E-state index in [1.807, 2.05) is 24.3 Å². The maximum absolute atomic E-state index is 6.05. The third kappa shape index (κ3) is 2.39. The van der Waals surface area contributed by atoms with Crippen LogP contribution in [0, 0.1) is 0 Å². The van der Waals surface area contributed by atoms with Crippen molar-refractivity contribution >= 4 is 55.5 Å². The summed E-state index contributed by atoms with van der Waals surface area (Å²) in [5.41, 5.74) is 9.12. The van der Waals surface area contributed by atoms with Crippen molar-refractivity contribution in [2.75, 3.05) is 11.1 Å². The largest absolute Gasteiger partial charge is 0.396 e. The van der Waals surface area contributed by atoms with Crippen LogP contribution in [0.5, 0.6) is 0 Å². The minimum absolute atomic E-state index is 0.513. The number of anilines is 3. The normalized spacial score (nSPS) is 10.8. The van der Waals surface area contributed by atoms with E-state index >= 15 is 0 Å². The van der Waals surface area contributed by atoms with E-state index in [9.17, 15) is 0 Å². The minimum atomic E-state index is 0.513. The number of aromatic nitrogens is 2. The Morgan fingerprint density at radius 1 is 1.26 bits per heavy atom. The first-order valence-electron chi connectivity index (χ1n) is 5.58. The molecule has 3 rings (SSSR count). The van der Waals surface area contributed by atoms with Crippen molar-refractivity contribution in [2.24, 2.45) is 0 Å². The number of benzene rings is 2. The van der Waals surface area contributed by atoms with Crippen LogP contribution >= 0.6 is 27.5 Å². The lowest BCUT2D eigenvalue weighted by molar-refractivity contribution is 1.12. The van der Waals surface area contributed by atoms with Crippen LogP contribution < -0.4 is 11.1 Å². The lowest BCUT2D eigenvalue weighted by Crippen LogP contribution is -1.97. The maximum atomic E-state index is 6.05. The molecular weight excluding hydrogens is 328 g/mol. The number of hydrogen-bond donors (Lipinski definition) is 3. The molecule has 0 amide bonds. The third-order valence-electron chi connectivity index (χ3n) is 2.82. The number of nitrogen functional groups attached to an aromatic ring is 1. The number of nitrogens with two attached hydrogens (primary N) is 1. The van der Waals surface area contributed by atoms with E-state index in [4.69, 9.17) is 17.3 Å². The van der Waals surface area contributed by atoms with Crippen molar-refractivity contribution < 1.29 is 0 Å². The summed E-state index contributed by atoms with van der Waals surface area (Å²) in [5, 5.41) is 11.7. The van der Waals surface area contributed by atoms with Gasteiger partial charge in [-0.25, -0.2) is 0 Å².